The van der Waals surface area contributed by atoms with Crippen molar-refractivity contribution in [1.29, 1.82) is 0 Å². The second-order valence-electron chi connectivity index (χ2n) is 5.47. The minimum atomic E-state index is -0.177. The number of carbonyl (C=O) groups excluding carboxylic acids is 1. The van der Waals surface area contributed by atoms with E-state index in [-0.39, 0.29) is 5.91 Å². The Morgan fingerprint density at radius 3 is 2.68 bits per heavy atom. The zero-order chi connectivity index (χ0) is 17.2. The Labute approximate surface area is 152 Å². The van der Waals surface area contributed by atoms with Gasteiger partial charge in [0.1, 0.15) is 12.1 Å². The number of nitrogens with one attached hydrogen (secondary N) is 1. The second-order valence-corrected chi connectivity index (χ2v) is 6.39. The lowest BCUT2D eigenvalue weighted by atomic mass is 10.2. The number of nitrogens with zero attached hydrogens (tertiary/aromatic N) is 3. The first-order valence-corrected chi connectivity index (χ1v) is 8.45. The van der Waals surface area contributed by atoms with Gasteiger partial charge in [-0.15, -0.1) is 0 Å². The summed E-state index contributed by atoms with van der Waals surface area (Å²) in [4.78, 5) is 21.1. The maximum absolute atomic E-state index is 12.3. The zero-order valence-corrected chi connectivity index (χ0v) is 14.6. The summed E-state index contributed by atoms with van der Waals surface area (Å²) >= 11 is 3.37. The fraction of sp³-hybridized carbons (Fsp3) is 0. The third kappa shape index (κ3) is 3.16. The van der Waals surface area contributed by atoms with Gasteiger partial charge in [0.2, 0.25) is 0 Å². The van der Waals surface area contributed by atoms with E-state index >= 15 is 0 Å². The Morgan fingerprint density at radius 2 is 1.88 bits per heavy atom. The average molecular weight is 393 g/mol. The van der Waals surface area contributed by atoms with E-state index in [1.807, 2.05) is 53.1 Å². The average Bonchev–Trinajstić information content (AvgIpc) is 3.06. The van der Waals surface area contributed by atoms with E-state index in [4.69, 9.17) is 0 Å². The van der Waals surface area contributed by atoms with E-state index in [0.29, 0.717) is 11.3 Å². The maximum Gasteiger partial charge on any atom is 0.255 e. The molecule has 25 heavy (non-hydrogen) atoms. The van der Waals surface area contributed by atoms with Gasteiger partial charge in [0.15, 0.2) is 0 Å². The van der Waals surface area contributed by atoms with Gasteiger partial charge >= 0.3 is 0 Å². The molecule has 1 amide bonds. The van der Waals surface area contributed by atoms with Crippen molar-refractivity contribution in [1.82, 2.24) is 14.5 Å². The Morgan fingerprint density at radius 1 is 1.00 bits per heavy atom. The molecule has 122 valence electrons. The lowest BCUT2D eigenvalue weighted by Gasteiger charge is -2.07. The van der Waals surface area contributed by atoms with Crippen molar-refractivity contribution >= 4 is 38.6 Å². The van der Waals surface area contributed by atoms with Gasteiger partial charge in [-0.25, -0.2) is 9.97 Å². The third-order valence-electron chi connectivity index (χ3n) is 3.79. The van der Waals surface area contributed by atoms with Crippen molar-refractivity contribution < 1.29 is 4.79 Å². The third-order valence-corrected chi connectivity index (χ3v) is 4.29. The molecule has 2 aromatic heterocycles. The molecule has 0 spiro atoms. The van der Waals surface area contributed by atoms with Gasteiger partial charge in [-0.1, -0.05) is 34.1 Å². The summed E-state index contributed by atoms with van der Waals surface area (Å²) in [6.07, 6.45) is 3.38. The number of hydrogen-bond acceptors (Lipinski definition) is 3. The highest BCUT2D eigenvalue weighted by Crippen LogP contribution is 2.18. The first-order chi connectivity index (χ1) is 12.2. The standard InChI is InChI=1S/C19H13BrN4O/c20-14-5-3-4-13(10-14)19(25)23-15-8-9-18(21-11-15)24-12-22-16-6-1-2-7-17(16)24/h1-12H,(H,23,25). The summed E-state index contributed by atoms with van der Waals surface area (Å²) in [7, 11) is 0. The number of hydrogen-bond donors (Lipinski definition) is 1. The van der Waals surface area contributed by atoms with Crippen LogP contribution in [0.1, 0.15) is 10.4 Å². The van der Waals surface area contributed by atoms with E-state index in [1.54, 1.807) is 24.7 Å². The molecule has 4 aromatic rings. The predicted molar refractivity (Wildman–Crippen MR) is 101 cm³/mol. The van der Waals surface area contributed by atoms with E-state index in [2.05, 4.69) is 31.2 Å². The number of rotatable bonds is 3. The van der Waals surface area contributed by atoms with Crippen molar-refractivity contribution in [3.05, 3.63) is 83.2 Å². The number of anilines is 1. The van der Waals surface area contributed by atoms with Gasteiger partial charge < -0.3 is 5.32 Å². The number of carbonyl (C=O) groups is 1. The van der Waals surface area contributed by atoms with Crippen LogP contribution in [-0.4, -0.2) is 20.4 Å². The van der Waals surface area contributed by atoms with E-state index in [1.165, 1.54) is 0 Å². The summed E-state index contributed by atoms with van der Waals surface area (Å²) in [5.41, 5.74) is 3.12. The maximum atomic E-state index is 12.3. The molecule has 0 bridgehead atoms. The Bertz CT molecular complexity index is 1060. The highest BCUT2D eigenvalue weighted by atomic mass is 79.9. The largest absolute Gasteiger partial charge is 0.321 e. The van der Waals surface area contributed by atoms with Gasteiger partial charge in [-0.05, 0) is 42.5 Å². The number of fused-ring (bicyclic) bond motifs is 1. The molecule has 0 atom stereocenters. The van der Waals surface area contributed by atoms with Crippen LogP contribution in [0.3, 0.4) is 0 Å². The number of pyridine rings is 1. The van der Waals surface area contributed by atoms with Gasteiger partial charge in [-0.2, -0.15) is 0 Å². The minimum absolute atomic E-state index is 0.177. The van der Waals surface area contributed by atoms with Crippen LogP contribution in [0.25, 0.3) is 16.9 Å². The first-order valence-electron chi connectivity index (χ1n) is 7.66. The zero-order valence-electron chi connectivity index (χ0n) is 13.1. The number of benzene rings is 2. The van der Waals surface area contributed by atoms with Crippen molar-refractivity contribution in [2.45, 2.75) is 0 Å². The molecule has 0 unspecified atom stereocenters. The van der Waals surface area contributed by atoms with Crippen LogP contribution < -0.4 is 5.32 Å². The molecule has 0 fully saturated rings. The lowest BCUT2D eigenvalue weighted by Crippen LogP contribution is -2.12. The lowest BCUT2D eigenvalue weighted by molar-refractivity contribution is 0.102. The van der Waals surface area contributed by atoms with Crippen molar-refractivity contribution in [3.63, 3.8) is 0 Å². The summed E-state index contributed by atoms with van der Waals surface area (Å²) in [5.74, 6) is 0.568. The van der Waals surface area contributed by atoms with Crippen LogP contribution in [0.5, 0.6) is 0 Å². The van der Waals surface area contributed by atoms with Crippen LogP contribution >= 0.6 is 15.9 Å². The summed E-state index contributed by atoms with van der Waals surface area (Å²) in [5, 5.41) is 2.85. The van der Waals surface area contributed by atoms with Gasteiger partial charge in [-0.3, -0.25) is 9.36 Å². The molecule has 0 aliphatic carbocycles. The second kappa shape index (κ2) is 6.49. The number of aromatic nitrogens is 3. The van der Waals surface area contributed by atoms with Crippen LogP contribution in [0.2, 0.25) is 0 Å². The molecular weight excluding hydrogens is 380 g/mol. The van der Waals surface area contributed by atoms with E-state index in [0.717, 1.165) is 21.3 Å². The van der Waals surface area contributed by atoms with Crippen LogP contribution in [0.15, 0.2) is 77.7 Å². The molecule has 0 radical (unpaired) electrons. The van der Waals surface area contributed by atoms with Crippen LogP contribution in [0, 0.1) is 0 Å². The fourth-order valence-electron chi connectivity index (χ4n) is 2.58. The highest BCUT2D eigenvalue weighted by molar-refractivity contribution is 9.10. The van der Waals surface area contributed by atoms with E-state index < -0.39 is 0 Å². The summed E-state index contributed by atoms with van der Waals surface area (Å²) in [6, 6.07) is 18.8. The molecule has 2 heterocycles. The van der Waals surface area contributed by atoms with Gasteiger partial charge in [0.25, 0.3) is 5.91 Å². The molecule has 2 aromatic carbocycles. The monoisotopic (exact) mass is 392 g/mol. The van der Waals surface area contributed by atoms with E-state index in [9.17, 15) is 4.79 Å². The molecule has 1 N–H and O–H groups in total. The molecule has 0 aliphatic rings. The van der Waals surface area contributed by atoms with Crippen molar-refractivity contribution in [3.8, 4) is 5.82 Å². The molecule has 5 nitrogen and oxygen atoms in total. The number of imidazole rings is 1. The Kier molecular flexibility index (Phi) is 4.03. The molecule has 0 saturated carbocycles. The Hall–Kier alpha value is -2.99. The smallest absolute Gasteiger partial charge is 0.255 e. The minimum Gasteiger partial charge on any atom is -0.321 e. The van der Waals surface area contributed by atoms with Gasteiger partial charge in [0.05, 0.1) is 22.9 Å². The van der Waals surface area contributed by atoms with Crippen LogP contribution in [0.4, 0.5) is 5.69 Å². The van der Waals surface area contributed by atoms with Gasteiger partial charge in [0, 0.05) is 10.0 Å². The van der Waals surface area contributed by atoms with Crippen molar-refractivity contribution in [2.75, 3.05) is 5.32 Å². The normalized spacial score (nSPS) is 10.8. The number of halogens is 1. The Balaban J connectivity index is 1.57. The number of amides is 1. The fourth-order valence-corrected chi connectivity index (χ4v) is 2.98. The highest BCUT2D eigenvalue weighted by Gasteiger charge is 2.08. The molecule has 6 heteroatoms. The molecule has 4 rings (SSSR count). The topological polar surface area (TPSA) is 59.8 Å². The van der Waals surface area contributed by atoms with Crippen LogP contribution in [-0.2, 0) is 0 Å². The SMILES string of the molecule is O=C(Nc1ccc(-n2cnc3ccccc32)nc1)c1cccc(Br)c1. The molecule has 0 aliphatic heterocycles. The first kappa shape index (κ1) is 15.5. The quantitative estimate of drug-likeness (QED) is 0.560. The summed E-state index contributed by atoms with van der Waals surface area (Å²) in [6.45, 7) is 0. The van der Waals surface area contributed by atoms with Crippen molar-refractivity contribution in [2.24, 2.45) is 0 Å². The number of para-hydroxylation sites is 2. The molecular formula is C19H13BrN4O. The molecule has 0 saturated heterocycles. The predicted octanol–water partition coefficient (Wildman–Crippen LogP) is 4.44. The summed E-state index contributed by atoms with van der Waals surface area (Å²) < 4.78 is 2.77.